The molecule has 0 bridgehead atoms. The maximum Gasteiger partial charge on any atom is 0.248 e. The van der Waals surface area contributed by atoms with E-state index >= 15 is 0 Å². The van der Waals surface area contributed by atoms with Crippen LogP contribution in [-0.4, -0.2) is 50.7 Å². The van der Waals surface area contributed by atoms with Crippen molar-refractivity contribution in [1.82, 2.24) is 10.2 Å². The van der Waals surface area contributed by atoms with Gasteiger partial charge in [-0.25, -0.2) is 0 Å². The summed E-state index contributed by atoms with van der Waals surface area (Å²) in [6.45, 7) is 5.43. The van der Waals surface area contributed by atoms with E-state index in [-0.39, 0.29) is 12.5 Å². The molecule has 1 saturated heterocycles. The third-order valence-corrected chi connectivity index (χ3v) is 2.28. The highest BCUT2D eigenvalue weighted by molar-refractivity contribution is 5.77. The van der Waals surface area contributed by atoms with Crippen LogP contribution in [0.2, 0.25) is 0 Å². The van der Waals surface area contributed by atoms with Crippen LogP contribution >= 0.6 is 0 Å². The van der Waals surface area contributed by atoms with Gasteiger partial charge < -0.3 is 15.0 Å². The molecule has 1 N–H and O–H groups in total. The van der Waals surface area contributed by atoms with Crippen molar-refractivity contribution in [2.75, 3.05) is 39.9 Å². The second-order valence-electron chi connectivity index (χ2n) is 3.37. The van der Waals surface area contributed by atoms with Gasteiger partial charge in [0, 0.05) is 25.6 Å². The third kappa shape index (κ3) is 2.97. The van der Waals surface area contributed by atoms with Crippen molar-refractivity contribution < 1.29 is 9.53 Å². The Labute approximate surface area is 79.2 Å². The second-order valence-corrected chi connectivity index (χ2v) is 3.37. The summed E-state index contributed by atoms with van der Waals surface area (Å²) in [6, 6.07) is 0. The normalized spacial score (nSPS) is 24.6. The minimum Gasteiger partial charge on any atom is -0.371 e. The van der Waals surface area contributed by atoms with Crippen LogP contribution in [0.25, 0.3) is 0 Å². The number of amides is 1. The summed E-state index contributed by atoms with van der Waals surface area (Å²) in [7, 11) is 1.92. The Hall–Kier alpha value is -0.610. The first-order chi connectivity index (χ1) is 6.27. The predicted molar refractivity (Wildman–Crippen MR) is 50.5 cm³/mol. The third-order valence-electron chi connectivity index (χ3n) is 2.28. The van der Waals surface area contributed by atoms with Crippen LogP contribution in [0.4, 0.5) is 0 Å². The van der Waals surface area contributed by atoms with E-state index in [0.29, 0.717) is 12.5 Å². The Kier molecular flexibility index (Phi) is 4.18. The minimum atomic E-state index is 0.112. The van der Waals surface area contributed by atoms with Crippen LogP contribution in [0.3, 0.4) is 0 Å². The molecule has 1 amide bonds. The highest BCUT2D eigenvalue weighted by Crippen LogP contribution is 2.06. The van der Waals surface area contributed by atoms with E-state index in [1.807, 2.05) is 18.9 Å². The molecule has 1 atom stereocenters. The fourth-order valence-corrected chi connectivity index (χ4v) is 1.59. The second kappa shape index (κ2) is 5.19. The molecule has 1 unspecified atom stereocenters. The summed E-state index contributed by atoms with van der Waals surface area (Å²) in [6.07, 6.45) is 0. The molecule has 0 saturated carbocycles. The average Bonchev–Trinajstić information content (AvgIpc) is 2.29. The highest BCUT2D eigenvalue weighted by Gasteiger charge is 2.21. The lowest BCUT2D eigenvalue weighted by molar-refractivity contribution is -0.133. The number of carbonyl (C=O) groups excluding carboxylic acids is 1. The van der Waals surface area contributed by atoms with Crippen molar-refractivity contribution in [2.24, 2.45) is 5.92 Å². The van der Waals surface area contributed by atoms with Gasteiger partial charge in [-0.05, 0) is 14.0 Å². The Morgan fingerprint density at radius 2 is 2.46 bits per heavy atom. The van der Waals surface area contributed by atoms with Crippen molar-refractivity contribution in [3.05, 3.63) is 0 Å². The molecule has 4 nitrogen and oxygen atoms in total. The van der Waals surface area contributed by atoms with Crippen LogP contribution in [0.15, 0.2) is 0 Å². The van der Waals surface area contributed by atoms with Gasteiger partial charge in [0.1, 0.15) is 6.61 Å². The van der Waals surface area contributed by atoms with E-state index < -0.39 is 0 Å². The van der Waals surface area contributed by atoms with Gasteiger partial charge in [-0.15, -0.1) is 0 Å². The van der Waals surface area contributed by atoms with Gasteiger partial charge >= 0.3 is 0 Å². The summed E-state index contributed by atoms with van der Waals surface area (Å²) in [5, 5.41) is 3.11. The fourth-order valence-electron chi connectivity index (χ4n) is 1.59. The molecule has 0 aromatic carbocycles. The Bertz CT molecular complexity index is 173. The monoisotopic (exact) mass is 186 g/mol. The van der Waals surface area contributed by atoms with E-state index in [1.54, 1.807) is 0 Å². The first-order valence-electron chi connectivity index (χ1n) is 4.78. The number of carbonyl (C=O) groups is 1. The molecule has 1 aliphatic rings. The van der Waals surface area contributed by atoms with Crippen molar-refractivity contribution >= 4 is 5.91 Å². The number of likely N-dealkylation sites (N-methyl/N-ethyl adjacent to an activating group) is 1. The van der Waals surface area contributed by atoms with Crippen LogP contribution in [-0.2, 0) is 9.53 Å². The lowest BCUT2D eigenvalue weighted by Crippen LogP contribution is -2.37. The Balaban J connectivity index is 2.48. The van der Waals surface area contributed by atoms with Crippen LogP contribution in [0, 0.1) is 5.92 Å². The molecular formula is C9H18N2O2. The summed E-state index contributed by atoms with van der Waals surface area (Å²) >= 11 is 0. The molecule has 1 heterocycles. The predicted octanol–water partition coefficient (Wildman–Crippen LogP) is -0.299. The molecule has 1 rings (SSSR count). The highest BCUT2D eigenvalue weighted by atomic mass is 16.5. The summed E-state index contributed by atoms with van der Waals surface area (Å²) < 4.78 is 5.27. The minimum absolute atomic E-state index is 0.112. The van der Waals surface area contributed by atoms with E-state index in [9.17, 15) is 4.79 Å². The maximum absolute atomic E-state index is 11.4. The SMILES string of the molecule is CCN1CC(CNC)COCC1=O. The zero-order chi connectivity index (χ0) is 9.68. The van der Waals surface area contributed by atoms with Gasteiger partial charge in [0.05, 0.1) is 6.61 Å². The van der Waals surface area contributed by atoms with Crippen molar-refractivity contribution in [2.45, 2.75) is 6.92 Å². The molecule has 0 aliphatic carbocycles. The lowest BCUT2D eigenvalue weighted by atomic mass is 10.1. The number of nitrogens with one attached hydrogen (secondary N) is 1. The summed E-state index contributed by atoms with van der Waals surface area (Å²) in [4.78, 5) is 13.2. The molecule has 76 valence electrons. The molecule has 0 aromatic rings. The Morgan fingerprint density at radius 3 is 3.08 bits per heavy atom. The number of nitrogens with zero attached hydrogens (tertiary/aromatic N) is 1. The molecule has 0 spiro atoms. The Morgan fingerprint density at radius 1 is 1.69 bits per heavy atom. The quantitative estimate of drug-likeness (QED) is 0.658. The van der Waals surface area contributed by atoms with Gasteiger partial charge in [-0.3, -0.25) is 4.79 Å². The lowest BCUT2D eigenvalue weighted by Gasteiger charge is -2.21. The molecular weight excluding hydrogens is 168 g/mol. The molecule has 13 heavy (non-hydrogen) atoms. The summed E-state index contributed by atoms with van der Waals surface area (Å²) in [5.74, 6) is 0.539. The largest absolute Gasteiger partial charge is 0.371 e. The first kappa shape index (κ1) is 10.5. The van der Waals surface area contributed by atoms with Crippen molar-refractivity contribution in [1.29, 1.82) is 0 Å². The standard InChI is InChI=1S/C9H18N2O2/c1-3-11-5-8(4-10-2)6-13-7-9(11)12/h8,10H,3-7H2,1-2H3. The fraction of sp³-hybridized carbons (Fsp3) is 0.889. The van der Waals surface area contributed by atoms with Crippen LogP contribution in [0.5, 0.6) is 0 Å². The van der Waals surface area contributed by atoms with Gasteiger partial charge in [-0.2, -0.15) is 0 Å². The number of ether oxygens (including phenoxy) is 1. The smallest absolute Gasteiger partial charge is 0.248 e. The summed E-state index contributed by atoms with van der Waals surface area (Å²) in [5.41, 5.74) is 0. The number of rotatable bonds is 3. The zero-order valence-corrected chi connectivity index (χ0v) is 8.38. The van der Waals surface area contributed by atoms with Crippen LogP contribution in [0.1, 0.15) is 6.92 Å². The zero-order valence-electron chi connectivity index (χ0n) is 8.38. The van der Waals surface area contributed by atoms with Gasteiger partial charge in [0.15, 0.2) is 0 Å². The molecule has 1 aliphatic heterocycles. The van der Waals surface area contributed by atoms with Gasteiger partial charge in [0.2, 0.25) is 5.91 Å². The van der Waals surface area contributed by atoms with Crippen LogP contribution < -0.4 is 5.32 Å². The van der Waals surface area contributed by atoms with E-state index in [4.69, 9.17) is 4.74 Å². The topological polar surface area (TPSA) is 41.6 Å². The van der Waals surface area contributed by atoms with E-state index in [1.165, 1.54) is 0 Å². The maximum atomic E-state index is 11.4. The molecule has 4 heteroatoms. The van der Waals surface area contributed by atoms with E-state index in [2.05, 4.69) is 5.32 Å². The average molecular weight is 186 g/mol. The number of hydrogen-bond donors (Lipinski definition) is 1. The molecule has 0 radical (unpaired) electrons. The van der Waals surface area contributed by atoms with Crippen molar-refractivity contribution in [3.8, 4) is 0 Å². The van der Waals surface area contributed by atoms with E-state index in [0.717, 1.165) is 19.6 Å². The molecule has 0 aromatic heterocycles. The number of hydrogen-bond acceptors (Lipinski definition) is 3. The van der Waals surface area contributed by atoms with Gasteiger partial charge in [-0.1, -0.05) is 0 Å². The molecule has 1 fully saturated rings. The van der Waals surface area contributed by atoms with Gasteiger partial charge in [0.25, 0.3) is 0 Å². The first-order valence-corrected chi connectivity index (χ1v) is 4.78. The van der Waals surface area contributed by atoms with Crippen molar-refractivity contribution in [3.63, 3.8) is 0 Å².